The van der Waals surface area contributed by atoms with Gasteiger partial charge in [-0.15, -0.1) is 0 Å². The summed E-state index contributed by atoms with van der Waals surface area (Å²) in [7, 11) is 0. The normalized spacial score (nSPS) is 13.6. The quantitative estimate of drug-likeness (QED) is 0.731. The van der Waals surface area contributed by atoms with E-state index in [0.717, 1.165) is 43.4 Å². The van der Waals surface area contributed by atoms with Crippen molar-refractivity contribution in [1.29, 1.82) is 0 Å². The van der Waals surface area contributed by atoms with Gasteiger partial charge in [0.05, 0.1) is 10.6 Å². The predicted molar refractivity (Wildman–Crippen MR) is 94.7 cm³/mol. The Morgan fingerprint density at radius 3 is 2.56 bits per heavy atom. The molecule has 1 aromatic heterocycles. The molecular formula is C18H17ClN2O4. The van der Waals surface area contributed by atoms with Crippen LogP contribution in [0.2, 0.25) is 5.02 Å². The summed E-state index contributed by atoms with van der Waals surface area (Å²) in [6.07, 6.45) is 4.83. The number of benzene rings is 1. The van der Waals surface area contributed by atoms with Gasteiger partial charge in [0.25, 0.3) is 11.5 Å². The summed E-state index contributed by atoms with van der Waals surface area (Å²) in [5.41, 5.74) is 1.80. The van der Waals surface area contributed by atoms with Crippen LogP contribution in [-0.4, -0.2) is 22.0 Å². The number of hydrogen-bond donors (Lipinski definition) is 3. The number of amides is 1. The van der Waals surface area contributed by atoms with Crippen LogP contribution in [0.5, 0.6) is 0 Å². The second-order valence-corrected chi connectivity index (χ2v) is 6.44. The number of carbonyl (C=O) groups excluding carboxylic acids is 1. The average Bonchev–Trinajstić information content (AvgIpc) is 2.78. The van der Waals surface area contributed by atoms with E-state index in [4.69, 9.17) is 16.7 Å². The molecule has 0 saturated carbocycles. The van der Waals surface area contributed by atoms with Crippen LogP contribution in [0.25, 0.3) is 0 Å². The number of fused-ring (bicyclic) bond motifs is 1. The monoisotopic (exact) mass is 360 g/mol. The number of aryl methyl sites for hydroxylation is 2. The molecule has 1 heterocycles. The third kappa shape index (κ3) is 3.74. The van der Waals surface area contributed by atoms with E-state index in [1.165, 1.54) is 18.2 Å². The molecule has 2 aromatic rings. The highest BCUT2D eigenvalue weighted by atomic mass is 35.5. The zero-order valence-corrected chi connectivity index (χ0v) is 14.2. The first-order valence-corrected chi connectivity index (χ1v) is 8.43. The number of aromatic nitrogens is 1. The lowest BCUT2D eigenvalue weighted by atomic mass is 10.1. The summed E-state index contributed by atoms with van der Waals surface area (Å²) in [6, 6.07) is 5.75. The summed E-state index contributed by atoms with van der Waals surface area (Å²) in [5, 5.41) is 11.6. The van der Waals surface area contributed by atoms with Gasteiger partial charge in [0, 0.05) is 11.4 Å². The number of H-pyrrole nitrogens is 1. The first-order valence-electron chi connectivity index (χ1n) is 8.05. The molecule has 25 heavy (non-hydrogen) atoms. The van der Waals surface area contributed by atoms with Gasteiger partial charge in [0.2, 0.25) is 0 Å². The van der Waals surface area contributed by atoms with Crippen LogP contribution in [0.4, 0.5) is 5.69 Å². The maximum Gasteiger partial charge on any atom is 0.337 e. The van der Waals surface area contributed by atoms with Crippen LogP contribution in [0.1, 0.15) is 51.2 Å². The Balaban J connectivity index is 1.86. The van der Waals surface area contributed by atoms with Crippen molar-refractivity contribution in [3.8, 4) is 0 Å². The minimum atomic E-state index is -1.15. The van der Waals surface area contributed by atoms with Crippen molar-refractivity contribution in [2.75, 3.05) is 5.32 Å². The number of halogens is 1. The molecule has 1 aliphatic rings. The van der Waals surface area contributed by atoms with Gasteiger partial charge in [-0.1, -0.05) is 18.0 Å². The van der Waals surface area contributed by atoms with Gasteiger partial charge in [-0.25, -0.2) is 4.79 Å². The van der Waals surface area contributed by atoms with E-state index in [-0.39, 0.29) is 16.1 Å². The van der Waals surface area contributed by atoms with E-state index >= 15 is 0 Å². The van der Waals surface area contributed by atoms with E-state index in [0.29, 0.717) is 5.69 Å². The fourth-order valence-corrected chi connectivity index (χ4v) is 3.25. The number of anilines is 1. The van der Waals surface area contributed by atoms with Gasteiger partial charge in [-0.05, 0) is 55.5 Å². The molecule has 0 spiro atoms. The van der Waals surface area contributed by atoms with Crippen LogP contribution in [0.3, 0.4) is 0 Å². The Morgan fingerprint density at radius 2 is 1.84 bits per heavy atom. The fraction of sp³-hybridized carbons (Fsp3) is 0.278. The average molecular weight is 361 g/mol. The van der Waals surface area contributed by atoms with Crippen LogP contribution >= 0.6 is 11.6 Å². The molecule has 1 amide bonds. The molecule has 6 nitrogen and oxygen atoms in total. The Labute approximate surface area is 148 Å². The molecular weight excluding hydrogens is 344 g/mol. The molecule has 0 fully saturated rings. The van der Waals surface area contributed by atoms with Crippen molar-refractivity contribution in [2.45, 2.75) is 32.1 Å². The maximum atomic E-state index is 12.4. The Bertz CT molecular complexity index is 904. The van der Waals surface area contributed by atoms with Crippen molar-refractivity contribution in [3.05, 3.63) is 62.0 Å². The maximum absolute atomic E-state index is 12.4. The molecule has 0 atom stereocenters. The standard InChI is InChI=1S/C18H17ClN2O4/c19-14-9-11(6-7-12(14)18(24)25)20-16(22)13-8-10-4-2-1-3-5-15(10)21-17(13)23/h6-9H,1-5H2,(H,20,22)(H,21,23)(H,24,25). The van der Waals surface area contributed by atoms with Crippen molar-refractivity contribution in [3.63, 3.8) is 0 Å². The first-order chi connectivity index (χ1) is 12.0. The number of hydrogen-bond acceptors (Lipinski definition) is 3. The molecule has 3 rings (SSSR count). The highest BCUT2D eigenvalue weighted by Gasteiger charge is 2.17. The zero-order valence-electron chi connectivity index (χ0n) is 13.4. The SMILES string of the molecule is O=C(O)c1ccc(NC(=O)c2cc3c([nH]c2=O)CCCCC3)cc1Cl. The molecule has 3 N–H and O–H groups in total. The lowest BCUT2D eigenvalue weighted by Gasteiger charge is -2.10. The van der Waals surface area contributed by atoms with Crippen LogP contribution in [0.15, 0.2) is 29.1 Å². The van der Waals surface area contributed by atoms with Gasteiger partial charge in [0.15, 0.2) is 0 Å². The van der Waals surface area contributed by atoms with Gasteiger partial charge in [0.1, 0.15) is 5.56 Å². The summed E-state index contributed by atoms with van der Waals surface area (Å²) in [5.74, 6) is -1.70. The minimum absolute atomic E-state index is 0.0149. The van der Waals surface area contributed by atoms with Crippen LogP contribution in [0, 0.1) is 0 Å². The number of nitrogens with one attached hydrogen (secondary N) is 2. The Hall–Kier alpha value is -2.60. The van der Waals surface area contributed by atoms with Crippen molar-refractivity contribution >= 4 is 29.2 Å². The van der Waals surface area contributed by atoms with Crippen LogP contribution < -0.4 is 10.9 Å². The van der Waals surface area contributed by atoms with Crippen molar-refractivity contribution in [2.24, 2.45) is 0 Å². The number of carbonyl (C=O) groups is 2. The number of carboxylic acids is 1. The molecule has 0 radical (unpaired) electrons. The Kier molecular flexibility index (Phi) is 4.90. The minimum Gasteiger partial charge on any atom is -0.478 e. The van der Waals surface area contributed by atoms with Gasteiger partial charge in [-0.3, -0.25) is 9.59 Å². The highest BCUT2D eigenvalue weighted by molar-refractivity contribution is 6.33. The topological polar surface area (TPSA) is 99.3 Å². The number of pyridine rings is 1. The lowest BCUT2D eigenvalue weighted by Crippen LogP contribution is -2.25. The van der Waals surface area contributed by atoms with Crippen molar-refractivity contribution in [1.82, 2.24) is 4.98 Å². The predicted octanol–water partition coefficient (Wildman–Crippen LogP) is 3.25. The summed E-state index contributed by atoms with van der Waals surface area (Å²) in [6.45, 7) is 0. The summed E-state index contributed by atoms with van der Waals surface area (Å²) >= 11 is 5.90. The first kappa shape index (κ1) is 17.2. The molecule has 1 aromatic carbocycles. The third-order valence-corrected chi connectivity index (χ3v) is 4.60. The fourth-order valence-electron chi connectivity index (χ4n) is 2.99. The highest BCUT2D eigenvalue weighted by Crippen LogP contribution is 2.22. The third-order valence-electron chi connectivity index (χ3n) is 4.29. The summed E-state index contributed by atoms with van der Waals surface area (Å²) in [4.78, 5) is 38.5. The van der Waals surface area contributed by atoms with Gasteiger partial charge >= 0.3 is 5.97 Å². The smallest absolute Gasteiger partial charge is 0.337 e. The van der Waals surface area contributed by atoms with Gasteiger partial charge in [-0.2, -0.15) is 0 Å². The molecule has 0 unspecified atom stereocenters. The van der Waals surface area contributed by atoms with Crippen molar-refractivity contribution < 1.29 is 14.7 Å². The van der Waals surface area contributed by atoms with Gasteiger partial charge < -0.3 is 15.4 Å². The van der Waals surface area contributed by atoms with Crippen LogP contribution in [-0.2, 0) is 12.8 Å². The number of carboxylic acid groups (broad SMARTS) is 1. The van der Waals surface area contributed by atoms with E-state index < -0.39 is 17.4 Å². The van der Waals surface area contributed by atoms with E-state index in [1.54, 1.807) is 6.07 Å². The second kappa shape index (κ2) is 7.11. The molecule has 7 heteroatoms. The van der Waals surface area contributed by atoms with E-state index in [2.05, 4.69) is 10.3 Å². The summed E-state index contributed by atoms with van der Waals surface area (Å²) < 4.78 is 0. The lowest BCUT2D eigenvalue weighted by molar-refractivity contribution is 0.0697. The molecule has 0 saturated heterocycles. The van der Waals surface area contributed by atoms with E-state index in [1.807, 2.05) is 0 Å². The number of rotatable bonds is 3. The largest absolute Gasteiger partial charge is 0.478 e. The zero-order chi connectivity index (χ0) is 18.0. The second-order valence-electron chi connectivity index (χ2n) is 6.03. The molecule has 0 aliphatic heterocycles. The van der Waals surface area contributed by atoms with E-state index in [9.17, 15) is 14.4 Å². The number of aromatic carboxylic acids is 1. The number of aromatic amines is 1. The Morgan fingerprint density at radius 1 is 1.08 bits per heavy atom. The molecule has 1 aliphatic carbocycles. The molecule has 0 bridgehead atoms. The molecule has 130 valence electrons.